The van der Waals surface area contributed by atoms with Crippen molar-refractivity contribution < 1.29 is 5.11 Å². The first-order chi connectivity index (χ1) is 5.34. The van der Waals surface area contributed by atoms with E-state index < -0.39 is 0 Å². The van der Waals surface area contributed by atoms with Crippen molar-refractivity contribution in [2.45, 2.75) is 6.42 Å². The Bertz CT molecular complexity index is 240. The lowest BCUT2D eigenvalue weighted by Gasteiger charge is -1.92. The lowest BCUT2D eigenvalue weighted by Crippen LogP contribution is -1.86. The largest absolute Gasteiger partial charge is 0.396 e. The number of aliphatic hydroxyl groups is 1. The zero-order valence-electron chi connectivity index (χ0n) is 6.57. The Morgan fingerprint density at radius 3 is 3.09 bits per heavy atom. The number of hydrogen-bond acceptors (Lipinski definition) is 2. The molecule has 0 fully saturated rings. The van der Waals surface area contributed by atoms with Crippen molar-refractivity contribution >= 4 is 6.08 Å². The molecule has 1 heterocycles. The van der Waals surface area contributed by atoms with Crippen molar-refractivity contribution in [3.8, 4) is 0 Å². The summed E-state index contributed by atoms with van der Waals surface area (Å²) in [6.45, 7) is 0.203. The van der Waals surface area contributed by atoms with E-state index in [1.807, 2.05) is 23.8 Å². The van der Waals surface area contributed by atoms with Gasteiger partial charge in [-0.25, -0.2) is 4.98 Å². The highest BCUT2D eigenvalue weighted by Gasteiger charge is 1.89. The summed E-state index contributed by atoms with van der Waals surface area (Å²) in [5.74, 6) is 0. The van der Waals surface area contributed by atoms with Gasteiger partial charge >= 0.3 is 0 Å². The van der Waals surface area contributed by atoms with Gasteiger partial charge in [-0.1, -0.05) is 6.08 Å². The van der Waals surface area contributed by atoms with Gasteiger partial charge in [0.05, 0.1) is 18.2 Å². The van der Waals surface area contributed by atoms with Crippen molar-refractivity contribution in [1.29, 1.82) is 0 Å². The zero-order chi connectivity index (χ0) is 8.10. The molecule has 0 saturated carbocycles. The summed E-state index contributed by atoms with van der Waals surface area (Å²) < 4.78 is 1.92. The van der Waals surface area contributed by atoms with E-state index in [1.165, 1.54) is 0 Å². The normalized spacial score (nSPS) is 11.1. The fourth-order valence-electron chi connectivity index (χ4n) is 0.807. The van der Waals surface area contributed by atoms with Crippen molar-refractivity contribution in [3.63, 3.8) is 0 Å². The predicted octanol–water partition coefficient (Wildman–Crippen LogP) is 0.816. The van der Waals surface area contributed by atoms with Gasteiger partial charge in [-0.15, -0.1) is 0 Å². The van der Waals surface area contributed by atoms with Crippen LogP contribution in [0.25, 0.3) is 6.08 Å². The van der Waals surface area contributed by atoms with E-state index in [-0.39, 0.29) is 6.61 Å². The molecule has 1 aromatic rings. The Morgan fingerprint density at radius 1 is 1.73 bits per heavy atom. The number of aryl methyl sites for hydroxylation is 1. The molecule has 0 spiro atoms. The molecule has 11 heavy (non-hydrogen) atoms. The second kappa shape index (κ2) is 3.93. The van der Waals surface area contributed by atoms with Crippen molar-refractivity contribution in [3.05, 3.63) is 24.3 Å². The first-order valence-electron chi connectivity index (χ1n) is 3.58. The maximum atomic E-state index is 8.49. The number of aliphatic hydroxyl groups excluding tert-OH is 1. The van der Waals surface area contributed by atoms with Crippen molar-refractivity contribution in [2.24, 2.45) is 7.05 Å². The third-order valence-electron chi connectivity index (χ3n) is 1.44. The molecule has 3 nitrogen and oxygen atoms in total. The Labute approximate surface area is 66.0 Å². The van der Waals surface area contributed by atoms with Crippen LogP contribution in [0.2, 0.25) is 0 Å². The lowest BCUT2D eigenvalue weighted by molar-refractivity contribution is 0.303. The van der Waals surface area contributed by atoms with Crippen LogP contribution in [0, 0.1) is 0 Å². The Hall–Kier alpha value is -1.09. The molecule has 0 amide bonds. The molecule has 1 aromatic heterocycles. The third kappa shape index (κ3) is 2.20. The van der Waals surface area contributed by atoms with Gasteiger partial charge in [0.2, 0.25) is 0 Å². The van der Waals surface area contributed by atoms with Gasteiger partial charge in [-0.05, 0) is 12.5 Å². The van der Waals surface area contributed by atoms with E-state index in [2.05, 4.69) is 4.98 Å². The fourth-order valence-corrected chi connectivity index (χ4v) is 0.807. The van der Waals surface area contributed by atoms with Crippen molar-refractivity contribution in [2.75, 3.05) is 6.61 Å². The number of imidazole rings is 1. The molecule has 0 radical (unpaired) electrons. The first kappa shape index (κ1) is 8.01. The Morgan fingerprint density at radius 2 is 2.55 bits per heavy atom. The third-order valence-corrected chi connectivity index (χ3v) is 1.44. The van der Waals surface area contributed by atoms with E-state index in [0.29, 0.717) is 6.42 Å². The van der Waals surface area contributed by atoms with E-state index in [4.69, 9.17) is 5.11 Å². The number of aromatic nitrogens is 2. The minimum atomic E-state index is 0.203. The van der Waals surface area contributed by atoms with Gasteiger partial charge in [-0.2, -0.15) is 0 Å². The molecule has 60 valence electrons. The summed E-state index contributed by atoms with van der Waals surface area (Å²) >= 11 is 0. The molecular weight excluding hydrogens is 140 g/mol. The van der Waals surface area contributed by atoms with Gasteiger partial charge in [0.15, 0.2) is 0 Å². The SMILES string of the molecule is Cn1cncc1C=CCCO. The molecule has 0 atom stereocenters. The highest BCUT2D eigenvalue weighted by atomic mass is 16.2. The highest BCUT2D eigenvalue weighted by molar-refractivity contribution is 5.43. The first-order valence-corrected chi connectivity index (χ1v) is 3.58. The average molecular weight is 152 g/mol. The van der Waals surface area contributed by atoms with Crippen molar-refractivity contribution in [1.82, 2.24) is 9.55 Å². The smallest absolute Gasteiger partial charge is 0.0948 e. The van der Waals surface area contributed by atoms with Crippen LogP contribution in [0.3, 0.4) is 0 Å². The topological polar surface area (TPSA) is 38.0 Å². The molecule has 0 saturated heterocycles. The number of hydrogen-bond donors (Lipinski definition) is 1. The maximum absolute atomic E-state index is 8.49. The quantitative estimate of drug-likeness (QED) is 0.696. The predicted molar refractivity (Wildman–Crippen MR) is 43.9 cm³/mol. The molecule has 0 bridgehead atoms. The van der Waals surface area contributed by atoms with Crippen LogP contribution in [-0.4, -0.2) is 21.3 Å². The van der Waals surface area contributed by atoms with E-state index in [1.54, 1.807) is 12.5 Å². The monoisotopic (exact) mass is 152 g/mol. The van der Waals surface area contributed by atoms with Gasteiger partial charge in [0, 0.05) is 13.7 Å². The molecule has 0 aliphatic rings. The summed E-state index contributed by atoms with van der Waals surface area (Å²) in [6.07, 6.45) is 8.11. The molecule has 0 aliphatic heterocycles. The van der Waals surface area contributed by atoms with E-state index in [9.17, 15) is 0 Å². The molecule has 1 rings (SSSR count). The second-order valence-electron chi connectivity index (χ2n) is 2.34. The fraction of sp³-hybridized carbons (Fsp3) is 0.375. The molecule has 0 unspecified atom stereocenters. The summed E-state index contributed by atoms with van der Waals surface area (Å²) in [4.78, 5) is 3.95. The van der Waals surface area contributed by atoms with Crippen LogP contribution in [0.4, 0.5) is 0 Å². The molecule has 0 aliphatic carbocycles. The number of rotatable bonds is 3. The summed E-state index contributed by atoms with van der Waals surface area (Å²) in [6, 6.07) is 0. The highest BCUT2D eigenvalue weighted by Crippen LogP contribution is 1.99. The van der Waals surface area contributed by atoms with Crippen LogP contribution in [0.1, 0.15) is 12.1 Å². The van der Waals surface area contributed by atoms with E-state index >= 15 is 0 Å². The standard InChI is InChI=1S/C8H12N2O/c1-10-7-9-6-8(10)4-2-3-5-11/h2,4,6-7,11H,3,5H2,1H3. The van der Waals surface area contributed by atoms with Crippen LogP contribution >= 0.6 is 0 Å². The van der Waals surface area contributed by atoms with Crippen LogP contribution in [-0.2, 0) is 7.05 Å². The zero-order valence-corrected chi connectivity index (χ0v) is 6.57. The molecule has 3 heteroatoms. The summed E-state index contributed by atoms with van der Waals surface area (Å²) in [7, 11) is 1.94. The summed E-state index contributed by atoms with van der Waals surface area (Å²) in [5.41, 5.74) is 1.05. The second-order valence-corrected chi connectivity index (χ2v) is 2.34. The Kier molecular flexibility index (Phi) is 2.86. The van der Waals surface area contributed by atoms with Crippen LogP contribution in [0.15, 0.2) is 18.6 Å². The number of nitrogens with zero attached hydrogens (tertiary/aromatic N) is 2. The van der Waals surface area contributed by atoms with Gasteiger partial charge in [0.1, 0.15) is 0 Å². The van der Waals surface area contributed by atoms with Gasteiger partial charge in [0.25, 0.3) is 0 Å². The minimum absolute atomic E-state index is 0.203. The van der Waals surface area contributed by atoms with Crippen LogP contribution in [0.5, 0.6) is 0 Å². The van der Waals surface area contributed by atoms with Gasteiger partial charge in [-0.3, -0.25) is 0 Å². The minimum Gasteiger partial charge on any atom is -0.396 e. The molecular formula is C8H12N2O. The van der Waals surface area contributed by atoms with E-state index in [0.717, 1.165) is 5.69 Å². The molecule has 0 aromatic carbocycles. The Balaban J connectivity index is 2.56. The lowest BCUT2D eigenvalue weighted by atomic mass is 10.3. The summed E-state index contributed by atoms with van der Waals surface area (Å²) in [5, 5.41) is 8.49. The van der Waals surface area contributed by atoms with Gasteiger partial charge < -0.3 is 9.67 Å². The maximum Gasteiger partial charge on any atom is 0.0948 e. The average Bonchev–Trinajstić information content (AvgIpc) is 2.37. The van der Waals surface area contributed by atoms with Crippen LogP contribution < -0.4 is 0 Å². The molecule has 1 N–H and O–H groups in total.